The molecule has 21 heavy (non-hydrogen) atoms. The van der Waals surface area contributed by atoms with Crippen LogP contribution >= 0.6 is 15.9 Å². The van der Waals surface area contributed by atoms with E-state index in [-0.39, 0.29) is 12.1 Å². The zero-order valence-electron chi connectivity index (χ0n) is 12.9. The van der Waals surface area contributed by atoms with Crippen molar-refractivity contribution in [3.63, 3.8) is 0 Å². The van der Waals surface area contributed by atoms with Crippen LogP contribution in [0, 0.1) is 6.92 Å². The molecule has 3 rings (SSSR count). The monoisotopic (exact) mass is 356 g/mol. The van der Waals surface area contributed by atoms with E-state index in [1.807, 2.05) is 11.6 Å². The molecule has 118 valence electrons. The van der Waals surface area contributed by atoms with Gasteiger partial charge in [0.1, 0.15) is 0 Å². The number of ether oxygens (including phenoxy) is 1. The molecule has 2 fully saturated rings. The first kappa shape index (κ1) is 15.5. The topological polar surface area (TPSA) is 56.3 Å². The van der Waals surface area contributed by atoms with E-state index < -0.39 is 0 Å². The van der Waals surface area contributed by atoms with Crippen molar-refractivity contribution in [1.82, 2.24) is 14.7 Å². The summed E-state index contributed by atoms with van der Waals surface area (Å²) in [7, 11) is 0. The summed E-state index contributed by atoms with van der Waals surface area (Å²) in [5.41, 5.74) is 8.67. The van der Waals surface area contributed by atoms with Gasteiger partial charge in [0.2, 0.25) is 0 Å². The third kappa shape index (κ3) is 3.04. The van der Waals surface area contributed by atoms with Crippen LogP contribution in [0.2, 0.25) is 0 Å². The molecule has 3 atom stereocenters. The van der Waals surface area contributed by atoms with Crippen LogP contribution in [-0.2, 0) is 17.7 Å². The molecule has 1 aromatic heterocycles. The minimum Gasteiger partial charge on any atom is -0.374 e. The van der Waals surface area contributed by atoms with Crippen molar-refractivity contribution in [1.29, 1.82) is 0 Å². The maximum atomic E-state index is 6.45. The lowest BCUT2D eigenvalue weighted by Gasteiger charge is -2.37. The van der Waals surface area contributed by atoms with E-state index in [1.165, 1.54) is 25.1 Å². The molecule has 5 nitrogen and oxygen atoms in total. The summed E-state index contributed by atoms with van der Waals surface area (Å²) in [4.78, 5) is 2.55. The van der Waals surface area contributed by atoms with Gasteiger partial charge in [-0.05, 0) is 49.2 Å². The molecule has 1 aromatic rings. The van der Waals surface area contributed by atoms with Gasteiger partial charge >= 0.3 is 0 Å². The molecule has 3 unspecified atom stereocenters. The van der Waals surface area contributed by atoms with Crippen LogP contribution < -0.4 is 5.73 Å². The highest BCUT2D eigenvalue weighted by molar-refractivity contribution is 9.10. The Morgan fingerprint density at radius 2 is 2.33 bits per heavy atom. The first-order valence-electron chi connectivity index (χ1n) is 7.93. The average molecular weight is 357 g/mol. The summed E-state index contributed by atoms with van der Waals surface area (Å²) >= 11 is 3.65. The lowest BCUT2D eigenvalue weighted by atomic mass is 10.0. The van der Waals surface area contributed by atoms with Crippen molar-refractivity contribution in [2.24, 2.45) is 5.73 Å². The number of hydrogen-bond donors (Lipinski definition) is 1. The van der Waals surface area contributed by atoms with E-state index in [0.717, 1.165) is 36.3 Å². The van der Waals surface area contributed by atoms with Gasteiger partial charge in [-0.3, -0.25) is 9.58 Å². The zero-order chi connectivity index (χ0) is 15.0. The molecule has 6 heteroatoms. The second-order valence-corrected chi connectivity index (χ2v) is 6.99. The molecule has 0 amide bonds. The average Bonchev–Trinajstić information content (AvgIpc) is 3.05. The van der Waals surface area contributed by atoms with Gasteiger partial charge in [0, 0.05) is 31.6 Å². The highest BCUT2D eigenvalue weighted by Gasteiger charge is 2.35. The SMILES string of the molecule is CCn1nc(C)c(Br)c1CC(N)C1CN2CCCC2CO1. The summed E-state index contributed by atoms with van der Waals surface area (Å²) < 4.78 is 9.17. The predicted octanol–water partition coefficient (Wildman–Crippen LogP) is 1.71. The van der Waals surface area contributed by atoms with E-state index in [2.05, 4.69) is 32.9 Å². The third-order valence-corrected chi connectivity index (χ3v) is 5.81. The highest BCUT2D eigenvalue weighted by atomic mass is 79.9. The molecule has 0 saturated carbocycles. The largest absolute Gasteiger partial charge is 0.374 e. The number of hydrogen-bond acceptors (Lipinski definition) is 4. The van der Waals surface area contributed by atoms with Gasteiger partial charge < -0.3 is 10.5 Å². The number of nitrogens with zero attached hydrogens (tertiary/aromatic N) is 3. The van der Waals surface area contributed by atoms with Crippen LogP contribution in [0.15, 0.2) is 4.47 Å². The van der Waals surface area contributed by atoms with Crippen molar-refractivity contribution in [2.45, 2.75) is 57.8 Å². The molecule has 2 aliphatic heterocycles. The van der Waals surface area contributed by atoms with E-state index in [4.69, 9.17) is 10.5 Å². The van der Waals surface area contributed by atoms with Gasteiger partial charge in [-0.2, -0.15) is 5.10 Å². The third-order valence-electron chi connectivity index (χ3n) is 4.78. The van der Waals surface area contributed by atoms with Crippen LogP contribution in [0.4, 0.5) is 0 Å². The van der Waals surface area contributed by atoms with Gasteiger partial charge in [-0.15, -0.1) is 0 Å². The molecule has 2 saturated heterocycles. The first-order valence-corrected chi connectivity index (χ1v) is 8.72. The molecular formula is C15H25BrN4O. The summed E-state index contributed by atoms with van der Waals surface area (Å²) in [5.74, 6) is 0. The van der Waals surface area contributed by atoms with Crippen molar-refractivity contribution in [2.75, 3.05) is 19.7 Å². The fraction of sp³-hybridized carbons (Fsp3) is 0.800. The number of morpholine rings is 1. The number of rotatable bonds is 4. The van der Waals surface area contributed by atoms with Crippen LogP contribution in [-0.4, -0.2) is 52.6 Å². The molecule has 0 spiro atoms. The standard InChI is InChI=1S/C15H25BrN4O/c1-3-20-13(15(16)10(2)18-20)7-12(17)14-8-19-6-4-5-11(19)9-21-14/h11-12,14H,3-9,17H2,1-2H3. The molecule has 0 bridgehead atoms. The number of aromatic nitrogens is 2. The van der Waals surface area contributed by atoms with E-state index >= 15 is 0 Å². The Labute approximate surface area is 134 Å². The van der Waals surface area contributed by atoms with Gasteiger partial charge in [0.05, 0.1) is 28.6 Å². The summed E-state index contributed by atoms with van der Waals surface area (Å²) in [5, 5.41) is 4.54. The minimum atomic E-state index is 0.0178. The van der Waals surface area contributed by atoms with E-state index in [0.29, 0.717) is 6.04 Å². The van der Waals surface area contributed by atoms with Crippen molar-refractivity contribution in [3.05, 3.63) is 15.9 Å². The highest BCUT2D eigenvalue weighted by Crippen LogP contribution is 2.26. The quantitative estimate of drug-likeness (QED) is 0.891. The van der Waals surface area contributed by atoms with Crippen molar-refractivity contribution < 1.29 is 4.74 Å². The Hall–Kier alpha value is -0.430. The fourth-order valence-corrected chi connectivity index (χ4v) is 3.97. The summed E-state index contributed by atoms with van der Waals surface area (Å²) in [6.45, 7) is 8.02. The Kier molecular flexibility index (Phi) is 4.69. The van der Waals surface area contributed by atoms with Gasteiger partial charge in [-0.1, -0.05) is 0 Å². The van der Waals surface area contributed by atoms with Crippen molar-refractivity contribution in [3.8, 4) is 0 Å². The second kappa shape index (κ2) is 6.36. The lowest BCUT2D eigenvalue weighted by molar-refractivity contribution is -0.0591. The molecule has 0 radical (unpaired) electrons. The lowest BCUT2D eigenvalue weighted by Crippen LogP contribution is -2.53. The molecule has 2 N–H and O–H groups in total. The fourth-order valence-electron chi connectivity index (χ4n) is 3.52. The molecule has 2 aliphatic rings. The Balaban J connectivity index is 1.67. The minimum absolute atomic E-state index is 0.0178. The second-order valence-electron chi connectivity index (χ2n) is 6.19. The van der Waals surface area contributed by atoms with Gasteiger partial charge in [0.15, 0.2) is 0 Å². The molecule has 3 heterocycles. The summed E-state index contributed by atoms with van der Waals surface area (Å²) in [6, 6.07) is 0.646. The smallest absolute Gasteiger partial charge is 0.0857 e. The zero-order valence-corrected chi connectivity index (χ0v) is 14.5. The number of fused-ring (bicyclic) bond motifs is 1. The van der Waals surface area contributed by atoms with Crippen LogP contribution in [0.1, 0.15) is 31.2 Å². The summed E-state index contributed by atoms with van der Waals surface area (Å²) in [6.07, 6.45) is 3.50. The van der Waals surface area contributed by atoms with Crippen LogP contribution in [0.3, 0.4) is 0 Å². The molecular weight excluding hydrogens is 332 g/mol. The first-order chi connectivity index (χ1) is 10.1. The van der Waals surface area contributed by atoms with Crippen LogP contribution in [0.25, 0.3) is 0 Å². The predicted molar refractivity (Wildman–Crippen MR) is 86.4 cm³/mol. The van der Waals surface area contributed by atoms with Gasteiger partial charge in [0.25, 0.3) is 0 Å². The normalized spacial score (nSPS) is 27.8. The Morgan fingerprint density at radius 1 is 1.52 bits per heavy atom. The maximum Gasteiger partial charge on any atom is 0.0857 e. The van der Waals surface area contributed by atoms with Crippen molar-refractivity contribution >= 4 is 15.9 Å². The maximum absolute atomic E-state index is 6.45. The molecule has 0 aliphatic carbocycles. The Morgan fingerprint density at radius 3 is 3.10 bits per heavy atom. The number of aryl methyl sites for hydroxylation is 2. The van der Waals surface area contributed by atoms with E-state index in [1.54, 1.807) is 0 Å². The Bertz CT molecular complexity index is 504. The van der Waals surface area contributed by atoms with Crippen LogP contribution in [0.5, 0.6) is 0 Å². The molecule has 0 aromatic carbocycles. The number of halogens is 1. The number of nitrogens with two attached hydrogens (primary N) is 1. The van der Waals surface area contributed by atoms with Gasteiger partial charge in [-0.25, -0.2) is 0 Å². The van der Waals surface area contributed by atoms with E-state index in [9.17, 15) is 0 Å².